The van der Waals surface area contributed by atoms with Crippen molar-refractivity contribution in [1.82, 2.24) is 0 Å². The second-order valence-electron chi connectivity index (χ2n) is 3.88. The number of hydrogen-bond donors (Lipinski definition) is 0. The molecule has 17 heavy (non-hydrogen) atoms. The Morgan fingerprint density at radius 2 is 1.53 bits per heavy atom. The molecule has 1 atom stereocenters. The van der Waals surface area contributed by atoms with Crippen LogP contribution in [-0.2, 0) is 16.5 Å². The molecule has 2 nitrogen and oxygen atoms in total. The summed E-state index contributed by atoms with van der Waals surface area (Å²) in [4.78, 5) is -0.0262. The van der Waals surface area contributed by atoms with Crippen LogP contribution in [-0.4, -0.2) is 14.9 Å². The van der Waals surface area contributed by atoms with Gasteiger partial charge in [-0.3, -0.25) is 4.21 Å². The summed E-state index contributed by atoms with van der Waals surface area (Å²) in [5, 5.41) is 0. The molecule has 7 heteroatoms. The molecule has 0 aliphatic heterocycles. The van der Waals surface area contributed by atoms with Crippen LogP contribution in [0.4, 0.5) is 13.2 Å². The first-order valence-corrected chi connectivity index (χ1v) is 5.50. The Morgan fingerprint density at radius 1 is 1.12 bits per heavy atom. The van der Waals surface area contributed by atoms with E-state index in [-0.39, 0.29) is 29.3 Å². The molecule has 1 rings (SSSR count). The van der Waals surface area contributed by atoms with Crippen molar-refractivity contribution in [3.63, 3.8) is 0 Å². The van der Waals surface area contributed by atoms with Crippen molar-refractivity contribution in [2.75, 3.05) is 0 Å². The van der Waals surface area contributed by atoms with E-state index in [4.69, 9.17) is 0 Å². The van der Waals surface area contributed by atoms with Gasteiger partial charge < -0.3 is 4.55 Å². The Hall–Kier alpha value is -0.283. The predicted molar refractivity (Wildman–Crippen MR) is 52.7 cm³/mol. The van der Waals surface area contributed by atoms with Gasteiger partial charge in [0.15, 0.2) is 0 Å². The third-order valence-corrected chi connectivity index (χ3v) is 3.13. The van der Waals surface area contributed by atoms with Gasteiger partial charge in [-0.05, 0) is 42.6 Å². The number of hydrogen-bond acceptors (Lipinski definition) is 2. The molecule has 1 unspecified atom stereocenters. The van der Waals surface area contributed by atoms with Gasteiger partial charge in [0, 0.05) is 4.90 Å². The first-order chi connectivity index (χ1) is 7.16. The van der Waals surface area contributed by atoms with Crippen LogP contribution in [0.25, 0.3) is 0 Å². The number of benzene rings is 1. The molecule has 1 aromatic rings. The summed E-state index contributed by atoms with van der Waals surface area (Å²) in [6.07, 6.45) is -4.37. The maximum absolute atomic E-state index is 12.7. The molecule has 0 aliphatic rings. The maximum atomic E-state index is 12.7. The van der Waals surface area contributed by atoms with Gasteiger partial charge in [-0.25, -0.2) is 0 Å². The van der Waals surface area contributed by atoms with Crippen LogP contribution < -0.4 is 18.9 Å². The third kappa shape index (κ3) is 3.59. The Kier molecular flexibility index (Phi) is 5.48. The SMILES string of the molecule is CC(C)(c1ccc(S(=O)[O-])cc1)C(F)(F)F.[Li+]. The van der Waals surface area contributed by atoms with Crippen LogP contribution in [0.2, 0.25) is 0 Å². The van der Waals surface area contributed by atoms with E-state index in [9.17, 15) is 21.9 Å². The van der Waals surface area contributed by atoms with E-state index in [0.29, 0.717) is 0 Å². The number of rotatable bonds is 2. The molecule has 1 aromatic carbocycles. The number of alkyl halides is 3. The first kappa shape index (κ1) is 16.7. The van der Waals surface area contributed by atoms with E-state index in [2.05, 4.69) is 0 Å². The fourth-order valence-corrected chi connectivity index (χ4v) is 1.50. The quantitative estimate of drug-likeness (QED) is 0.543. The van der Waals surface area contributed by atoms with Crippen molar-refractivity contribution >= 4 is 11.1 Å². The van der Waals surface area contributed by atoms with Gasteiger partial charge in [0.2, 0.25) is 0 Å². The zero-order valence-corrected chi connectivity index (χ0v) is 10.5. The van der Waals surface area contributed by atoms with Crippen LogP contribution in [0.5, 0.6) is 0 Å². The van der Waals surface area contributed by atoms with Crippen molar-refractivity contribution in [2.45, 2.75) is 30.3 Å². The average Bonchev–Trinajstić information content (AvgIpc) is 2.16. The van der Waals surface area contributed by atoms with Crippen LogP contribution in [0.1, 0.15) is 19.4 Å². The molecule has 0 fully saturated rings. The fraction of sp³-hybridized carbons (Fsp3) is 0.400. The Morgan fingerprint density at radius 3 is 1.82 bits per heavy atom. The van der Waals surface area contributed by atoms with Gasteiger partial charge in [0.1, 0.15) is 0 Å². The van der Waals surface area contributed by atoms with Gasteiger partial charge in [0.25, 0.3) is 0 Å². The molecule has 0 radical (unpaired) electrons. The average molecular weight is 258 g/mol. The molecule has 90 valence electrons. The molecule has 0 aromatic heterocycles. The van der Waals surface area contributed by atoms with Gasteiger partial charge in [-0.1, -0.05) is 12.1 Å². The van der Waals surface area contributed by atoms with Crippen LogP contribution in [0, 0.1) is 0 Å². The summed E-state index contributed by atoms with van der Waals surface area (Å²) in [5.41, 5.74) is -1.95. The van der Waals surface area contributed by atoms with Crippen molar-refractivity contribution in [3.05, 3.63) is 29.8 Å². The summed E-state index contributed by atoms with van der Waals surface area (Å²) in [6.45, 7) is 2.10. The normalized spacial score (nSPS) is 14.0. The third-order valence-electron chi connectivity index (χ3n) is 2.48. The summed E-state index contributed by atoms with van der Waals surface area (Å²) in [6, 6.07) is 4.68. The zero-order valence-electron chi connectivity index (χ0n) is 9.67. The van der Waals surface area contributed by atoms with E-state index in [1.807, 2.05) is 0 Å². The standard InChI is InChI=1S/C10H11F3O2S.Li/c1-9(2,10(11,12)13)7-3-5-8(6-4-7)16(14)15;/h3-6H,1-2H3,(H,14,15);/q;+1/p-1. The molecule has 0 heterocycles. The first-order valence-electron chi connectivity index (χ1n) is 4.43. The molecular formula is C10H10F3LiO2S. The maximum Gasteiger partial charge on any atom is 1.00 e. The molecule has 0 saturated heterocycles. The van der Waals surface area contributed by atoms with E-state index in [1.165, 1.54) is 12.1 Å². The predicted octanol–water partition coefficient (Wildman–Crippen LogP) is -0.232. The van der Waals surface area contributed by atoms with Crippen LogP contribution in [0.3, 0.4) is 0 Å². The van der Waals surface area contributed by atoms with Gasteiger partial charge in [-0.2, -0.15) is 13.2 Å². The molecular weight excluding hydrogens is 248 g/mol. The fourth-order valence-electron chi connectivity index (χ4n) is 1.15. The van der Waals surface area contributed by atoms with E-state index in [1.54, 1.807) is 0 Å². The smallest absolute Gasteiger partial charge is 0.768 e. The van der Waals surface area contributed by atoms with E-state index < -0.39 is 22.7 Å². The van der Waals surface area contributed by atoms with Gasteiger partial charge >= 0.3 is 25.0 Å². The Bertz CT molecular complexity index is 401. The van der Waals surface area contributed by atoms with Gasteiger partial charge in [-0.15, -0.1) is 0 Å². The minimum absolute atomic E-state index is 0. The minimum Gasteiger partial charge on any atom is -0.768 e. The minimum atomic E-state index is -4.37. The van der Waals surface area contributed by atoms with Crippen molar-refractivity contribution < 1.29 is 40.8 Å². The summed E-state index contributed by atoms with van der Waals surface area (Å²) in [7, 11) is 0. The van der Waals surface area contributed by atoms with Crippen molar-refractivity contribution in [2.24, 2.45) is 0 Å². The monoisotopic (exact) mass is 258 g/mol. The molecule has 0 spiro atoms. The van der Waals surface area contributed by atoms with E-state index >= 15 is 0 Å². The van der Waals surface area contributed by atoms with Crippen LogP contribution in [0.15, 0.2) is 29.2 Å². The topological polar surface area (TPSA) is 40.1 Å². The second-order valence-corrected chi connectivity index (χ2v) is 4.82. The second kappa shape index (κ2) is 5.57. The molecule has 0 aliphatic carbocycles. The Balaban J connectivity index is 0.00000256. The van der Waals surface area contributed by atoms with Gasteiger partial charge in [0.05, 0.1) is 5.41 Å². The molecule has 0 amide bonds. The van der Waals surface area contributed by atoms with Crippen molar-refractivity contribution in [3.8, 4) is 0 Å². The summed E-state index contributed by atoms with van der Waals surface area (Å²) in [5.74, 6) is 0. The van der Waals surface area contributed by atoms with Crippen molar-refractivity contribution in [1.29, 1.82) is 0 Å². The molecule has 0 saturated carbocycles. The Labute approximate surface area is 112 Å². The summed E-state index contributed by atoms with van der Waals surface area (Å²) < 4.78 is 59.0. The molecule has 0 N–H and O–H groups in total. The van der Waals surface area contributed by atoms with Crippen LogP contribution >= 0.6 is 0 Å². The zero-order chi connectivity index (χ0) is 12.6. The molecule has 0 bridgehead atoms. The summed E-state index contributed by atoms with van der Waals surface area (Å²) >= 11 is -2.42. The van der Waals surface area contributed by atoms with E-state index in [0.717, 1.165) is 26.0 Å². The largest absolute Gasteiger partial charge is 1.00 e. The number of halogens is 3.